The first-order chi connectivity index (χ1) is 13.2. The molecule has 2 aliphatic carbocycles. The smallest absolute Gasteiger partial charge is 0.246 e. The van der Waals surface area contributed by atoms with Crippen LogP contribution in [0.15, 0.2) is 17.4 Å². The van der Waals surface area contributed by atoms with Crippen LogP contribution < -0.4 is 10.2 Å². The number of carbonyl (C=O) groups excluding carboxylic acids is 1. The van der Waals surface area contributed by atoms with Crippen LogP contribution in [0.1, 0.15) is 45.4 Å². The van der Waals surface area contributed by atoms with Crippen LogP contribution in [0.25, 0.3) is 0 Å². The Labute approximate surface area is 184 Å². The Morgan fingerprint density at radius 1 is 1.29 bits per heavy atom. The Morgan fingerprint density at radius 3 is 2.71 bits per heavy atom. The lowest BCUT2D eigenvalue weighted by atomic mass is 9.85. The van der Waals surface area contributed by atoms with Gasteiger partial charge in [-0.05, 0) is 25.2 Å². The van der Waals surface area contributed by atoms with Gasteiger partial charge in [0, 0.05) is 38.9 Å². The zero-order valence-corrected chi connectivity index (χ0v) is 19.3. The minimum Gasteiger partial charge on any atom is -0.353 e. The molecule has 3 fully saturated rings. The molecule has 7 nitrogen and oxygen atoms in total. The summed E-state index contributed by atoms with van der Waals surface area (Å²) in [5.41, 5.74) is 0.878. The Balaban J connectivity index is 0.00000225. The molecule has 0 radical (unpaired) electrons. The SMILES string of the molecule is CCN=C(NC1CC1C1CCCCC1)N1CCN(c2cnn(C)c2)C(=O)C1.I. The number of hydrogen-bond donors (Lipinski definition) is 1. The topological polar surface area (TPSA) is 65.8 Å². The number of halogens is 1. The fraction of sp³-hybridized carbons (Fsp3) is 0.750. The summed E-state index contributed by atoms with van der Waals surface area (Å²) in [6.07, 6.45) is 11.9. The monoisotopic (exact) mass is 500 g/mol. The molecule has 3 aliphatic rings. The van der Waals surface area contributed by atoms with Gasteiger partial charge in [-0.1, -0.05) is 32.1 Å². The van der Waals surface area contributed by atoms with Gasteiger partial charge in [-0.3, -0.25) is 14.5 Å². The molecule has 0 spiro atoms. The van der Waals surface area contributed by atoms with E-state index in [9.17, 15) is 4.79 Å². The second-order valence-electron chi connectivity index (χ2n) is 8.19. The molecule has 8 heteroatoms. The Hall–Kier alpha value is -1.32. The van der Waals surface area contributed by atoms with Crippen LogP contribution in [0.5, 0.6) is 0 Å². The van der Waals surface area contributed by atoms with Crippen molar-refractivity contribution < 1.29 is 4.79 Å². The summed E-state index contributed by atoms with van der Waals surface area (Å²) in [7, 11) is 1.87. The number of amides is 1. The van der Waals surface area contributed by atoms with E-state index >= 15 is 0 Å². The number of carbonyl (C=O) groups is 1. The maximum atomic E-state index is 12.7. The normalized spacial score (nSPS) is 26.2. The van der Waals surface area contributed by atoms with Gasteiger partial charge in [0.05, 0.1) is 11.9 Å². The van der Waals surface area contributed by atoms with Gasteiger partial charge in [-0.15, -0.1) is 24.0 Å². The first kappa shape index (κ1) is 21.4. The highest BCUT2D eigenvalue weighted by Crippen LogP contribution is 2.44. The van der Waals surface area contributed by atoms with E-state index in [0.717, 1.165) is 36.6 Å². The number of aromatic nitrogens is 2. The summed E-state index contributed by atoms with van der Waals surface area (Å²) in [6, 6.07) is 0.546. The number of rotatable bonds is 4. The van der Waals surface area contributed by atoms with E-state index in [1.165, 1.54) is 38.5 Å². The zero-order chi connectivity index (χ0) is 18.8. The Bertz CT molecular complexity index is 699. The van der Waals surface area contributed by atoms with Crippen molar-refractivity contribution in [2.75, 3.05) is 31.1 Å². The van der Waals surface area contributed by atoms with Crippen LogP contribution in [0.2, 0.25) is 0 Å². The van der Waals surface area contributed by atoms with Crippen molar-refractivity contribution >= 4 is 41.5 Å². The standard InChI is InChI=1S/C20H32N6O.HI/c1-3-21-20(23-18-11-17(18)15-7-5-4-6-8-15)25-9-10-26(19(27)14-25)16-12-22-24(2)13-16;/h12-13,15,17-18H,3-11,14H2,1-2H3,(H,21,23);1H. The third kappa shape index (κ3) is 4.80. The molecule has 4 rings (SSSR count). The number of nitrogens with one attached hydrogen (secondary N) is 1. The molecule has 1 amide bonds. The van der Waals surface area contributed by atoms with Gasteiger partial charge in [-0.25, -0.2) is 0 Å². The molecule has 1 aliphatic heterocycles. The summed E-state index contributed by atoms with van der Waals surface area (Å²) in [5, 5.41) is 7.86. The third-order valence-electron chi connectivity index (χ3n) is 6.24. The number of hydrogen-bond acceptors (Lipinski definition) is 3. The van der Waals surface area contributed by atoms with Gasteiger partial charge in [0.15, 0.2) is 5.96 Å². The lowest BCUT2D eigenvalue weighted by Crippen LogP contribution is -2.56. The highest BCUT2D eigenvalue weighted by molar-refractivity contribution is 14.0. The number of piperazine rings is 1. The average Bonchev–Trinajstić information content (AvgIpc) is 3.32. The fourth-order valence-corrected chi connectivity index (χ4v) is 4.69. The van der Waals surface area contributed by atoms with E-state index in [1.807, 2.05) is 18.1 Å². The van der Waals surface area contributed by atoms with Crippen molar-refractivity contribution in [3.8, 4) is 0 Å². The Kier molecular flexibility index (Phi) is 7.22. The van der Waals surface area contributed by atoms with Gasteiger partial charge in [0.2, 0.25) is 5.91 Å². The largest absolute Gasteiger partial charge is 0.353 e. The zero-order valence-electron chi connectivity index (χ0n) is 17.0. The van der Waals surface area contributed by atoms with E-state index in [2.05, 4.69) is 27.2 Å². The number of aryl methyl sites for hydroxylation is 1. The molecule has 1 aromatic heterocycles. The van der Waals surface area contributed by atoms with Crippen LogP contribution in [0, 0.1) is 11.8 Å². The summed E-state index contributed by atoms with van der Waals surface area (Å²) in [6.45, 7) is 4.64. The molecule has 156 valence electrons. The van der Waals surface area contributed by atoms with Gasteiger partial charge in [0.1, 0.15) is 6.54 Å². The molecule has 1 aromatic rings. The highest BCUT2D eigenvalue weighted by Gasteiger charge is 2.44. The van der Waals surface area contributed by atoms with E-state index < -0.39 is 0 Å². The molecule has 2 atom stereocenters. The maximum Gasteiger partial charge on any atom is 0.246 e. The molecule has 1 saturated heterocycles. The van der Waals surface area contributed by atoms with Crippen LogP contribution in [0.4, 0.5) is 5.69 Å². The minimum absolute atomic E-state index is 0. The molecular formula is C20H33IN6O. The van der Waals surface area contributed by atoms with Gasteiger partial charge >= 0.3 is 0 Å². The van der Waals surface area contributed by atoms with Crippen LogP contribution in [-0.4, -0.2) is 58.8 Å². The molecule has 0 aromatic carbocycles. The van der Waals surface area contributed by atoms with Gasteiger partial charge in [-0.2, -0.15) is 5.10 Å². The number of nitrogens with zero attached hydrogens (tertiary/aromatic N) is 5. The fourth-order valence-electron chi connectivity index (χ4n) is 4.69. The first-order valence-electron chi connectivity index (χ1n) is 10.5. The van der Waals surface area contributed by atoms with Crippen LogP contribution >= 0.6 is 24.0 Å². The second kappa shape index (κ2) is 9.45. The van der Waals surface area contributed by atoms with Gasteiger partial charge in [0.25, 0.3) is 0 Å². The minimum atomic E-state index is 0. The van der Waals surface area contributed by atoms with Crippen molar-refractivity contribution in [1.29, 1.82) is 0 Å². The number of aliphatic imine (C=N–C) groups is 1. The summed E-state index contributed by atoms with van der Waals surface area (Å²) in [5.74, 6) is 2.72. The first-order valence-corrected chi connectivity index (χ1v) is 10.5. The van der Waals surface area contributed by atoms with E-state index in [-0.39, 0.29) is 29.9 Å². The van der Waals surface area contributed by atoms with E-state index in [0.29, 0.717) is 19.1 Å². The third-order valence-corrected chi connectivity index (χ3v) is 6.24. The number of anilines is 1. The molecule has 2 saturated carbocycles. The van der Waals surface area contributed by atoms with Crippen molar-refractivity contribution in [2.24, 2.45) is 23.9 Å². The summed E-state index contributed by atoms with van der Waals surface area (Å²) in [4.78, 5) is 21.3. The quantitative estimate of drug-likeness (QED) is 0.392. The van der Waals surface area contributed by atoms with Crippen molar-refractivity contribution in [1.82, 2.24) is 20.0 Å². The van der Waals surface area contributed by atoms with Crippen LogP contribution in [-0.2, 0) is 11.8 Å². The van der Waals surface area contributed by atoms with Gasteiger partial charge < -0.3 is 15.1 Å². The van der Waals surface area contributed by atoms with Crippen molar-refractivity contribution in [3.63, 3.8) is 0 Å². The predicted octanol–water partition coefficient (Wildman–Crippen LogP) is 2.62. The molecule has 28 heavy (non-hydrogen) atoms. The van der Waals surface area contributed by atoms with Crippen molar-refractivity contribution in [2.45, 2.75) is 51.5 Å². The van der Waals surface area contributed by atoms with E-state index in [4.69, 9.17) is 0 Å². The summed E-state index contributed by atoms with van der Waals surface area (Å²) >= 11 is 0. The summed E-state index contributed by atoms with van der Waals surface area (Å²) < 4.78 is 1.74. The molecule has 2 unspecified atom stereocenters. The highest BCUT2D eigenvalue weighted by atomic mass is 127. The second-order valence-corrected chi connectivity index (χ2v) is 8.19. The maximum absolute atomic E-state index is 12.7. The molecular weight excluding hydrogens is 467 g/mol. The molecule has 1 N–H and O–H groups in total. The number of guanidine groups is 1. The average molecular weight is 500 g/mol. The van der Waals surface area contributed by atoms with Crippen LogP contribution in [0.3, 0.4) is 0 Å². The lowest BCUT2D eigenvalue weighted by molar-refractivity contribution is -0.120. The molecule has 0 bridgehead atoms. The molecule has 2 heterocycles. The Morgan fingerprint density at radius 2 is 2.07 bits per heavy atom. The van der Waals surface area contributed by atoms with Crippen molar-refractivity contribution in [3.05, 3.63) is 12.4 Å². The lowest BCUT2D eigenvalue weighted by Gasteiger charge is -2.35. The predicted molar refractivity (Wildman–Crippen MR) is 122 cm³/mol. The van der Waals surface area contributed by atoms with E-state index in [1.54, 1.807) is 10.9 Å².